The summed E-state index contributed by atoms with van der Waals surface area (Å²) in [5.74, 6) is 0.234. The van der Waals surface area contributed by atoms with Gasteiger partial charge in [-0.25, -0.2) is 4.79 Å². The molecule has 0 fully saturated rings. The summed E-state index contributed by atoms with van der Waals surface area (Å²) in [6, 6.07) is 25.1. The molecule has 26 heavy (non-hydrogen) atoms. The SMILES string of the molecule is CC(C)=CC(=O)Oc1ccc(-[s+]2c3ccccc3c3ccccc32)cc1. The number of carbonyl (C=O) groups excluding carboxylic acids is 1. The van der Waals surface area contributed by atoms with E-state index in [2.05, 4.69) is 60.7 Å². The van der Waals surface area contributed by atoms with Crippen molar-refractivity contribution >= 4 is 36.6 Å². The minimum absolute atomic E-state index is 0.123. The summed E-state index contributed by atoms with van der Waals surface area (Å²) < 4.78 is 8.07. The molecule has 0 saturated carbocycles. The Morgan fingerprint density at radius 3 is 1.88 bits per heavy atom. The van der Waals surface area contributed by atoms with Gasteiger partial charge in [-0.3, -0.25) is 0 Å². The van der Waals surface area contributed by atoms with E-state index in [1.165, 1.54) is 31.1 Å². The van der Waals surface area contributed by atoms with Gasteiger partial charge in [-0.15, -0.1) is 0 Å². The third-order valence-corrected chi connectivity index (χ3v) is 6.52. The van der Waals surface area contributed by atoms with Gasteiger partial charge in [0.2, 0.25) is 0 Å². The molecule has 0 aliphatic carbocycles. The average molecular weight is 359 g/mol. The number of rotatable bonds is 3. The number of ether oxygens (including phenoxy) is 1. The molecule has 0 amide bonds. The Morgan fingerprint density at radius 1 is 0.808 bits per heavy atom. The largest absolute Gasteiger partial charge is 0.423 e. The fourth-order valence-corrected chi connectivity index (χ4v) is 5.51. The number of fused-ring (bicyclic) bond motifs is 3. The van der Waals surface area contributed by atoms with Gasteiger partial charge in [0.05, 0.1) is 0 Å². The number of benzene rings is 3. The van der Waals surface area contributed by atoms with Gasteiger partial charge in [0.25, 0.3) is 0 Å². The topological polar surface area (TPSA) is 26.3 Å². The molecule has 1 heterocycles. The second-order valence-corrected chi connectivity index (χ2v) is 8.38. The molecule has 0 N–H and O–H groups in total. The molecule has 4 rings (SSSR count). The summed E-state index contributed by atoms with van der Waals surface area (Å²) in [4.78, 5) is 13.0. The number of hydrogen-bond acceptors (Lipinski definition) is 2. The number of carbonyl (C=O) groups is 1. The lowest BCUT2D eigenvalue weighted by molar-refractivity contribution is -0.129. The zero-order chi connectivity index (χ0) is 18.1. The van der Waals surface area contributed by atoms with Gasteiger partial charge in [-0.1, -0.05) is 29.8 Å². The minimum Gasteiger partial charge on any atom is -0.423 e. The van der Waals surface area contributed by atoms with E-state index in [1.807, 2.05) is 26.0 Å². The van der Waals surface area contributed by atoms with Crippen LogP contribution in [0.15, 0.2) is 84.4 Å². The highest BCUT2D eigenvalue weighted by Gasteiger charge is 2.22. The number of allylic oxidation sites excluding steroid dienone is 1. The van der Waals surface area contributed by atoms with Crippen LogP contribution in [0.4, 0.5) is 0 Å². The van der Waals surface area contributed by atoms with Crippen molar-refractivity contribution < 1.29 is 9.53 Å². The van der Waals surface area contributed by atoms with E-state index < -0.39 is 0 Å². The molecule has 128 valence electrons. The Kier molecular flexibility index (Phi) is 4.31. The molecule has 2 nitrogen and oxygen atoms in total. The molecule has 0 bridgehead atoms. The fraction of sp³-hybridized carbons (Fsp3) is 0.0870. The lowest BCUT2D eigenvalue weighted by atomic mass is 10.2. The maximum Gasteiger partial charge on any atom is 0.336 e. The van der Waals surface area contributed by atoms with E-state index in [0.717, 1.165) is 5.57 Å². The standard InChI is InChI=1S/C23H19O2S/c1-16(2)15-23(24)25-17-11-13-18(14-12-17)26-21-9-5-3-7-19(21)20-8-4-6-10-22(20)26/h3-15H,1-2H3/q+1. The number of thiophene rings is 1. The van der Waals surface area contributed by atoms with Crippen LogP contribution in [0, 0.1) is 0 Å². The lowest BCUT2D eigenvalue weighted by Crippen LogP contribution is -2.04. The first-order chi connectivity index (χ1) is 12.6. The Hall–Kier alpha value is -2.91. The minimum atomic E-state index is -0.336. The van der Waals surface area contributed by atoms with E-state index in [-0.39, 0.29) is 16.4 Å². The first kappa shape index (κ1) is 16.6. The fourth-order valence-electron chi connectivity index (χ4n) is 3.13. The molecule has 3 aromatic carbocycles. The molecule has 0 unspecified atom stereocenters. The van der Waals surface area contributed by atoms with Crippen LogP contribution in [0.1, 0.15) is 13.8 Å². The van der Waals surface area contributed by atoms with Crippen molar-refractivity contribution in [2.45, 2.75) is 13.8 Å². The first-order valence-corrected chi connectivity index (χ1v) is 9.75. The monoisotopic (exact) mass is 359 g/mol. The third kappa shape index (κ3) is 3.02. The summed E-state index contributed by atoms with van der Waals surface area (Å²) in [7, 11) is -0.123. The van der Waals surface area contributed by atoms with Crippen LogP contribution in [-0.4, -0.2) is 5.97 Å². The predicted octanol–water partition coefficient (Wildman–Crippen LogP) is 6.60. The molecule has 0 radical (unpaired) electrons. The number of hydrogen-bond donors (Lipinski definition) is 0. The molecule has 1 aromatic heterocycles. The average Bonchev–Trinajstić information content (AvgIpc) is 2.96. The smallest absolute Gasteiger partial charge is 0.336 e. The predicted molar refractivity (Wildman–Crippen MR) is 110 cm³/mol. The van der Waals surface area contributed by atoms with Crippen molar-refractivity contribution in [1.29, 1.82) is 0 Å². The van der Waals surface area contributed by atoms with Crippen molar-refractivity contribution in [3.05, 3.63) is 84.4 Å². The van der Waals surface area contributed by atoms with Gasteiger partial charge in [-0.2, -0.15) is 0 Å². The second kappa shape index (κ2) is 6.77. The van der Waals surface area contributed by atoms with Crippen molar-refractivity contribution in [3.8, 4) is 10.6 Å². The van der Waals surface area contributed by atoms with Crippen LogP contribution in [0.25, 0.3) is 25.1 Å². The maximum absolute atomic E-state index is 11.8. The van der Waals surface area contributed by atoms with Crippen molar-refractivity contribution in [3.63, 3.8) is 0 Å². The quantitative estimate of drug-likeness (QED) is 0.178. The van der Waals surface area contributed by atoms with Crippen molar-refractivity contribution in [2.24, 2.45) is 0 Å². The molecular formula is C23H19O2S+. The molecule has 0 aliphatic rings. The van der Waals surface area contributed by atoms with E-state index >= 15 is 0 Å². The lowest BCUT2D eigenvalue weighted by Gasteiger charge is -2.01. The molecule has 4 aromatic rings. The first-order valence-electron chi connectivity index (χ1n) is 8.53. The van der Waals surface area contributed by atoms with E-state index in [0.29, 0.717) is 5.75 Å². The summed E-state index contributed by atoms with van der Waals surface area (Å²) >= 11 is 0. The summed E-state index contributed by atoms with van der Waals surface area (Å²) in [6.45, 7) is 3.75. The normalized spacial score (nSPS) is 10.8. The zero-order valence-electron chi connectivity index (χ0n) is 14.7. The molecular weight excluding hydrogens is 340 g/mol. The molecule has 0 atom stereocenters. The van der Waals surface area contributed by atoms with Gasteiger partial charge in [0.15, 0.2) is 14.3 Å². The summed E-state index contributed by atoms with van der Waals surface area (Å²) in [6.07, 6.45) is 1.50. The van der Waals surface area contributed by atoms with Crippen LogP contribution in [0.5, 0.6) is 5.75 Å². The van der Waals surface area contributed by atoms with Gasteiger partial charge < -0.3 is 4.74 Å². The highest BCUT2D eigenvalue weighted by Crippen LogP contribution is 2.48. The highest BCUT2D eigenvalue weighted by atomic mass is 32.2. The van der Waals surface area contributed by atoms with Gasteiger partial charge in [0, 0.05) is 39.5 Å². The Balaban J connectivity index is 1.78. The second-order valence-electron chi connectivity index (χ2n) is 6.41. The van der Waals surface area contributed by atoms with Gasteiger partial charge in [0.1, 0.15) is 5.75 Å². The van der Waals surface area contributed by atoms with Crippen LogP contribution < -0.4 is 4.74 Å². The Bertz CT molecular complexity index is 1080. The highest BCUT2D eigenvalue weighted by molar-refractivity contribution is 7.50. The van der Waals surface area contributed by atoms with Gasteiger partial charge >= 0.3 is 5.97 Å². The van der Waals surface area contributed by atoms with Crippen LogP contribution in [0.3, 0.4) is 0 Å². The van der Waals surface area contributed by atoms with E-state index in [9.17, 15) is 4.79 Å². The zero-order valence-corrected chi connectivity index (χ0v) is 15.5. The molecule has 0 aliphatic heterocycles. The van der Waals surface area contributed by atoms with Gasteiger partial charge in [-0.05, 0) is 50.2 Å². The summed E-state index contributed by atoms with van der Waals surface area (Å²) in [5.41, 5.74) is 0.923. The third-order valence-electron chi connectivity index (χ3n) is 4.19. The van der Waals surface area contributed by atoms with Crippen LogP contribution >= 0.6 is 10.5 Å². The molecule has 0 saturated heterocycles. The summed E-state index contributed by atoms with van der Waals surface area (Å²) in [5, 5.41) is 2.62. The Labute approximate surface area is 155 Å². The van der Waals surface area contributed by atoms with Crippen LogP contribution in [-0.2, 0) is 4.79 Å². The van der Waals surface area contributed by atoms with Crippen molar-refractivity contribution in [2.75, 3.05) is 0 Å². The molecule has 0 spiro atoms. The van der Waals surface area contributed by atoms with E-state index in [1.54, 1.807) is 0 Å². The Morgan fingerprint density at radius 2 is 1.35 bits per heavy atom. The number of esters is 1. The maximum atomic E-state index is 11.8. The van der Waals surface area contributed by atoms with E-state index in [4.69, 9.17) is 4.74 Å². The molecule has 3 heteroatoms. The van der Waals surface area contributed by atoms with Crippen LogP contribution in [0.2, 0.25) is 0 Å². The van der Waals surface area contributed by atoms with Crippen molar-refractivity contribution in [1.82, 2.24) is 0 Å².